The maximum atomic E-state index is 13.2. The van der Waals surface area contributed by atoms with Crippen LogP contribution in [0.15, 0.2) is 24.3 Å². The molecule has 0 aliphatic heterocycles. The Morgan fingerprint density at radius 2 is 0.806 bits per heavy atom. The molecule has 62 heavy (non-hydrogen) atoms. The molecule has 0 bridgehead atoms. The minimum Gasteiger partial charge on any atom is -0.462 e. The molecule has 6 nitrogen and oxygen atoms in total. The number of rotatable bonds is 50. The van der Waals surface area contributed by atoms with Crippen LogP contribution in [0.1, 0.15) is 297 Å². The summed E-state index contributed by atoms with van der Waals surface area (Å²) in [6.45, 7) is 6.49. The number of esters is 1. The van der Waals surface area contributed by atoms with Gasteiger partial charge in [-0.25, -0.2) is 0 Å². The van der Waals surface area contributed by atoms with Gasteiger partial charge in [0, 0.05) is 6.42 Å². The molecule has 0 heterocycles. The molecule has 1 amide bonds. The monoisotopic (exact) mass is 874 g/mol. The first-order valence-electron chi connectivity index (χ1n) is 27.6. The number of nitrogens with one attached hydrogen (secondary N) is 1. The van der Waals surface area contributed by atoms with Gasteiger partial charge in [0.05, 0.1) is 25.2 Å². The third kappa shape index (κ3) is 44.9. The van der Waals surface area contributed by atoms with Crippen LogP contribution in [0.4, 0.5) is 0 Å². The third-order valence-corrected chi connectivity index (χ3v) is 12.8. The second-order valence-corrected chi connectivity index (χ2v) is 19.0. The van der Waals surface area contributed by atoms with E-state index in [2.05, 4.69) is 50.4 Å². The summed E-state index contributed by atoms with van der Waals surface area (Å²) >= 11 is 0. The molecule has 0 aliphatic rings. The van der Waals surface area contributed by atoms with E-state index in [1.54, 1.807) is 0 Å². The maximum Gasteiger partial charge on any atom is 0.306 e. The summed E-state index contributed by atoms with van der Waals surface area (Å²) in [5.41, 5.74) is 0. The van der Waals surface area contributed by atoms with Gasteiger partial charge < -0.3 is 20.3 Å². The van der Waals surface area contributed by atoms with Crippen molar-refractivity contribution in [2.24, 2.45) is 0 Å². The van der Waals surface area contributed by atoms with E-state index in [-0.39, 0.29) is 24.9 Å². The van der Waals surface area contributed by atoms with Crippen LogP contribution in [-0.4, -0.2) is 46.9 Å². The second-order valence-electron chi connectivity index (χ2n) is 19.0. The molecule has 3 unspecified atom stereocenters. The van der Waals surface area contributed by atoms with Gasteiger partial charge in [-0.1, -0.05) is 257 Å². The molecule has 0 radical (unpaired) electrons. The molecular formula is C56H107NO5. The van der Waals surface area contributed by atoms with Gasteiger partial charge in [-0.15, -0.1) is 0 Å². The van der Waals surface area contributed by atoms with Crippen LogP contribution < -0.4 is 5.32 Å². The Labute approximate surface area is 386 Å². The predicted molar refractivity (Wildman–Crippen MR) is 269 cm³/mol. The molecule has 0 saturated heterocycles. The highest BCUT2D eigenvalue weighted by molar-refractivity contribution is 5.77. The zero-order valence-electron chi connectivity index (χ0n) is 41.8. The lowest BCUT2D eigenvalue weighted by Gasteiger charge is -2.24. The molecule has 0 aromatic rings. The Morgan fingerprint density at radius 3 is 1.19 bits per heavy atom. The summed E-state index contributed by atoms with van der Waals surface area (Å²) in [6.07, 6.45) is 58.1. The van der Waals surface area contributed by atoms with Gasteiger partial charge in [0.1, 0.15) is 6.10 Å². The highest BCUT2D eigenvalue weighted by atomic mass is 16.5. The van der Waals surface area contributed by atoms with Gasteiger partial charge >= 0.3 is 5.97 Å². The largest absolute Gasteiger partial charge is 0.462 e. The van der Waals surface area contributed by atoms with Gasteiger partial charge in [0.25, 0.3) is 0 Å². The summed E-state index contributed by atoms with van der Waals surface area (Å²) in [5.74, 6) is -0.475. The van der Waals surface area contributed by atoms with Gasteiger partial charge in [0.15, 0.2) is 0 Å². The van der Waals surface area contributed by atoms with Crippen molar-refractivity contribution in [3.8, 4) is 0 Å². The fraction of sp³-hybridized carbons (Fsp3) is 0.893. The summed E-state index contributed by atoms with van der Waals surface area (Å²) < 4.78 is 5.95. The molecule has 0 fully saturated rings. The zero-order valence-corrected chi connectivity index (χ0v) is 41.8. The van der Waals surface area contributed by atoms with Crippen molar-refractivity contribution >= 4 is 11.9 Å². The van der Waals surface area contributed by atoms with E-state index in [0.29, 0.717) is 19.3 Å². The van der Waals surface area contributed by atoms with E-state index >= 15 is 0 Å². The minimum atomic E-state index is -0.785. The quantitative estimate of drug-likeness (QED) is 0.0321. The van der Waals surface area contributed by atoms with E-state index in [1.165, 1.54) is 193 Å². The molecule has 0 aliphatic carbocycles. The van der Waals surface area contributed by atoms with Crippen LogP contribution in [-0.2, 0) is 14.3 Å². The SMILES string of the molecule is CCCCCCCCC/C=C/C=C/CCCCCCCC(=O)OC(CCCCCCCCCCCCCCCCC)CC(=O)NC(CO)C(O)CCCCCCCCCCCC. The second kappa shape index (κ2) is 50.3. The lowest BCUT2D eigenvalue weighted by molar-refractivity contribution is -0.151. The molecule has 0 saturated carbocycles. The first-order valence-corrected chi connectivity index (χ1v) is 27.6. The Bertz CT molecular complexity index is 981. The minimum absolute atomic E-state index is 0.0770. The topological polar surface area (TPSA) is 95.9 Å². The van der Waals surface area contributed by atoms with Crippen molar-refractivity contribution in [1.29, 1.82) is 0 Å². The third-order valence-electron chi connectivity index (χ3n) is 12.8. The van der Waals surface area contributed by atoms with E-state index in [4.69, 9.17) is 4.74 Å². The van der Waals surface area contributed by atoms with Gasteiger partial charge in [0.2, 0.25) is 5.91 Å². The van der Waals surface area contributed by atoms with Crippen molar-refractivity contribution in [3.05, 3.63) is 24.3 Å². The Kier molecular flexibility index (Phi) is 49.0. The molecule has 366 valence electrons. The van der Waals surface area contributed by atoms with Crippen LogP contribution in [0.5, 0.6) is 0 Å². The normalized spacial score (nSPS) is 13.3. The fourth-order valence-corrected chi connectivity index (χ4v) is 8.60. The zero-order chi connectivity index (χ0) is 45.2. The molecule has 3 atom stereocenters. The Morgan fingerprint density at radius 1 is 0.468 bits per heavy atom. The van der Waals surface area contributed by atoms with Crippen LogP contribution in [0.25, 0.3) is 0 Å². The van der Waals surface area contributed by atoms with E-state index in [0.717, 1.165) is 57.8 Å². The van der Waals surface area contributed by atoms with E-state index in [1.807, 2.05) is 0 Å². The van der Waals surface area contributed by atoms with Crippen LogP contribution >= 0.6 is 0 Å². The summed E-state index contributed by atoms with van der Waals surface area (Å²) in [7, 11) is 0. The molecule has 6 heteroatoms. The Hall–Kier alpha value is -1.66. The van der Waals surface area contributed by atoms with Gasteiger partial charge in [-0.2, -0.15) is 0 Å². The maximum absolute atomic E-state index is 13.2. The highest BCUT2D eigenvalue weighted by Gasteiger charge is 2.24. The molecular weight excluding hydrogens is 767 g/mol. The fourth-order valence-electron chi connectivity index (χ4n) is 8.60. The van der Waals surface area contributed by atoms with Crippen molar-refractivity contribution in [1.82, 2.24) is 5.32 Å². The molecule has 0 spiro atoms. The number of hydrogen-bond donors (Lipinski definition) is 3. The molecule has 0 rings (SSSR count). The Balaban J connectivity index is 4.54. The average molecular weight is 874 g/mol. The van der Waals surface area contributed by atoms with Gasteiger partial charge in [-0.05, 0) is 51.4 Å². The number of carbonyl (C=O) groups is 2. The standard InChI is InChI=1S/C56H107NO5/c1-4-7-10-13-16-19-22-24-26-27-28-30-32-34-37-40-43-46-49-56(61)62-52(47-44-41-38-35-33-31-29-25-23-20-17-14-11-8-5-2)50-55(60)57-53(51-58)54(59)48-45-42-39-36-21-18-15-12-9-6-3/h26-28,30,52-54,58-59H,4-25,29,31-51H2,1-3H3,(H,57,60)/b27-26+,30-28+. The number of amides is 1. The van der Waals surface area contributed by atoms with Crippen LogP contribution in [0.2, 0.25) is 0 Å². The highest BCUT2D eigenvalue weighted by Crippen LogP contribution is 2.18. The molecule has 0 aromatic carbocycles. The van der Waals surface area contributed by atoms with E-state index < -0.39 is 18.2 Å². The smallest absolute Gasteiger partial charge is 0.306 e. The number of hydrogen-bond acceptors (Lipinski definition) is 5. The number of unbranched alkanes of at least 4 members (excludes halogenated alkanes) is 35. The number of carbonyl (C=O) groups excluding carboxylic acids is 2. The first kappa shape index (κ1) is 60.3. The lowest BCUT2D eigenvalue weighted by atomic mass is 10.0. The lowest BCUT2D eigenvalue weighted by Crippen LogP contribution is -2.46. The molecule has 0 aromatic heterocycles. The summed E-state index contributed by atoms with van der Waals surface area (Å²) in [6, 6.07) is -0.699. The van der Waals surface area contributed by atoms with Crippen molar-refractivity contribution in [2.75, 3.05) is 6.61 Å². The number of aliphatic hydroxyl groups excluding tert-OH is 2. The van der Waals surface area contributed by atoms with E-state index in [9.17, 15) is 19.8 Å². The van der Waals surface area contributed by atoms with Crippen molar-refractivity contribution < 1.29 is 24.5 Å². The first-order chi connectivity index (χ1) is 30.5. The summed E-state index contributed by atoms with van der Waals surface area (Å²) in [4.78, 5) is 26.2. The van der Waals surface area contributed by atoms with Crippen molar-refractivity contribution in [3.63, 3.8) is 0 Å². The van der Waals surface area contributed by atoms with Gasteiger partial charge in [-0.3, -0.25) is 9.59 Å². The number of allylic oxidation sites excluding steroid dienone is 4. The molecule has 3 N–H and O–H groups in total. The van der Waals surface area contributed by atoms with Crippen LogP contribution in [0, 0.1) is 0 Å². The van der Waals surface area contributed by atoms with Crippen LogP contribution in [0.3, 0.4) is 0 Å². The predicted octanol–water partition coefficient (Wildman–Crippen LogP) is 16.7. The van der Waals surface area contributed by atoms with Crippen molar-refractivity contribution in [2.45, 2.75) is 315 Å². The average Bonchev–Trinajstić information content (AvgIpc) is 3.26. The summed E-state index contributed by atoms with van der Waals surface area (Å²) in [5, 5.41) is 23.8. The number of ether oxygens (including phenoxy) is 1. The number of aliphatic hydroxyl groups is 2.